The molecule has 7 nitrogen and oxygen atoms in total. The zero-order valence-corrected chi connectivity index (χ0v) is 11.2. The molecule has 0 saturated carbocycles. The Bertz CT molecular complexity index is 358. The van der Waals surface area contributed by atoms with Crippen molar-refractivity contribution >= 4 is 18.0 Å². The van der Waals surface area contributed by atoms with Gasteiger partial charge in [-0.3, -0.25) is 4.79 Å². The number of carboxylic acid groups (broad SMARTS) is 1. The van der Waals surface area contributed by atoms with Gasteiger partial charge in [-0.25, -0.2) is 9.59 Å². The molecule has 1 heterocycles. The Hall–Kier alpha value is -1.79. The largest absolute Gasteiger partial charge is 0.480 e. The molecule has 1 fully saturated rings. The van der Waals surface area contributed by atoms with Crippen molar-refractivity contribution in [1.29, 1.82) is 0 Å². The number of esters is 1. The van der Waals surface area contributed by atoms with Crippen LogP contribution in [0.1, 0.15) is 26.2 Å². The third-order valence-electron chi connectivity index (χ3n) is 3.18. The molecule has 1 unspecified atom stereocenters. The van der Waals surface area contributed by atoms with E-state index < -0.39 is 18.0 Å². The van der Waals surface area contributed by atoms with Gasteiger partial charge in [0, 0.05) is 13.1 Å². The number of carbonyl (C=O) groups is 3. The van der Waals surface area contributed by atoms with E-state index in [9.17, 15) is 14.4 Å². The Kier molecular flexibility index (Phi) is 5.59. The summed E-state index contributed by atoms with van der Waals surface area (Å²) in [7, 11) is 1.31. The summed E-state index contributed by atoms with van der Waals surface area (Å²) in [4.78, 5) is 35.6. The van der Waals surface area contributed by atoms with Crippen molar-refractivity contribution in [3.63, 3.8) is 0 Å². The van der Waals surface area contributed by atoms with Gasteiger partial charge in [0.1, 0.15) is 6.04 Å². The minimum Gasteiger partial charge on any atom is -0.480 e. The first-order valence-electron chi connectivity index (χ1n) is 6.35. The number of methoxy groups -OCH3 is 1. The van der Waals surface area contributed by atoms with Crippen LogP contribution in [0, 0.1) is 5.92 Å². The topological polar surface area (TPSA) is 95.9 Å². The molecule has 0 bridgehead atoms. The number of rotatable bonds is 5. The molecule has 1 saturated heterocycles. The summed E-state index contributed by atoms with van der Waals surface area (Å²) in [5.41, 5.74) is 0. The molecule has 0 radical (unpaired) electrons. The summed E-state index contributed by atoms with van der Waals surface area (Å²) in [6.07, 6.45) is 1.60. The highest BCUT2D eigenvalue weighted by Crippen LogP contribution is 2.17. The lowest BCUT2D eigenvalue weighted by Gasteiger charge is -2.20. The Balaban J connectivity index is 2.50. The lowest BCUT2D eigenvalue weighted by molar-refractivity contribution is -0.145. The number of ether oxygens (including phenoxy) is 1. The quantitative estimate of drug-likeness (QED) is 0.708. The van der Waals surface area contributed by atoms with Crippen LogP contribution < -0.4 is 5.32 Å². The minimum atomic E-state index is -1.04. The van der Waals surface area contributed by atoms with Gasteiger partial charge in [0.2, 0.25) is 0 Å². The van der Waals surface area contributed by atoms with Gasteiger partial charge in [-0.1, -0.05) is 13.3 Å². The predicted octanol–water partition coefficient (Wildman–Crippen LogP) is 0.444. The van der Waals surface area contributed by atoms with Gasteiger partial charge in [-0.15, -0.1) is 0 Å². The van der Waals surface area contributed by atoms with Crippen LogP contribution >= 0.6 is 0 Å². The van der Waals surface area contributed by atoms with Crippen LogP contribution in [0.25, 0.3) is 0 Å². The van der Waals surface area contributed by atoms with Crippen LogP contribution in [0.5, 0.6) is 0 Å². The van der Waals surface area contributed by atoms with Gasteiger partial charge in [0.25, 0.3) is 0 Å². The van der Waals surface area contributed by atoms with Crippen LogP contribution in [0.15, 0.2) is 0 Å². The maximum atomic E-state index is 11.9. The molecule has 0 aromatic carbocycles. The fourth-order valence-electron chi connectivity index (χ4n) is 2.09. The van der Waals surface area contributed by atoms with Crippen molar-refractivity contribution in [2.45, 2.75) is 32.2 Å². The number of amides is 2. The SMILES string of the molecule is CCC[C@H](NC(=O)N1CCC(C(=O)OC)C1)C(=O)O. The number of likely N-dealkylation sites (tertiary alicyclic amines) is 1. The molecule has 1 rings (SSSR count). The van der Waals surface area contributed by atoms with Gasteiger partial charge in [-0.2, -0.15) is 0 Å². The second-order valence-electron chi connectivity index (χ2n) is 4.58. The molecular weight excluding hydrogens is 252 g/mol. The standard InChI is InChI=1S/C12H20N2O5/c1-3-4-9(10(15)16)13-12(18)14-6-5-8(7-14)11(17)19-2/h8-9H,3-7H2,1-2H3,(H,13,18)(H,15,16)/t8?,9-/m0/s1. The molecule has 2 atom stereocenters. The Labute approximate surface area is 111 Å². The summed E-state index contributed by atoms with van der Waals surface area (Å²) in [6, 6.07) is -1.32. The monoisotopic (exact) mass is 272 g/mol. The van der Waals surface area contributed by atoms with Crippen LogP contribution in [0.2, 0.25) is 0 Å². The van der Waals surface area contributed by atoms with Crippen LogP contribution in [0.4, 0.5) is 4.79 Å². The van der Waals surface area contributed by atoms with Gasteiger partial charge in [0.15, 0.2) is 0 Å². The van der Waals surface area contributed by atoms with E-state index in [4.69, 9.17) is 5.11 Å². The Morgan fingerprint density at radius 3 is 2.68 bits per heavy atom. The van der Waals surface area contributed by atoms with E-state index in [0.717, 1.165) is 0 Å². The molecule has 0 aromatic rings. The van der Waals surface area contributed by atoms with E-state index >= 15 is 0 Å². The first-order chi connectivity index (χ1) is 8.99. The van der Waals surface area contributed by atoms with Gasteiger partial charge >= 0.3 is 18.0 Å². The van der Waals surface area contributed by atoms with E-state index in [1.54, 1.807) is 0 Å². The maximum Gasteiger partial charge on any atom is 0.326 e. The van der Waals surface area contributed by atoms with E-state index in [-0.39, 0.29) is 18.4 Å². The third kappa shape index (κ3) is 4.11. The third-order valence-corrected chi connectivity index (χ3v) is 3.18. The number of hydrogen-bond acceptors (Lipinski definition) is 4. The highest BCUT2D eigenvalue weighted by Gasteiger charge is 2.33. The number of hydrogen-bond donors (Lipinski definition) is 2. The second-order valence-corrected chi connectivity index (χ2v) is 4.58. The summed E-state index contributed by atoms with van der Waals surface area (Å²) in [5, 5.41) is 11.4. The minimum absolute atomic E-state index is 0.275. The molecule has 0 aromatic heterocycles. The Morgan fingerprint density at radius 2 is 2.16 bits per heavy atom. The summed E-state index contributed by atoms with van der Waals surface area (Å²) < 4.78 is 4.63. The van der Waals surface area contributed by atoms with Crippen LogP contribution in [-0.4, -0.2) is 54.2 Å². The zero-order valence-electron chi connectivity index (χ0n) is 11.2. The molecule has 1 aliphatic rings. The average Bonchev–Trinajstić information content (AvgIpc) is 2.86. The van der Waals surface area contributed by atoms with Gasteiger partial charge in [-0.05, 0) is 12.8 Å². The van der Waals surface area contributed by atoms with Crippen LogP contribution in [0.3, 0.4) is 0 Å². The van der Waals surface area contributed by atoms with Crippen molar-refractivity contribution < 1.29 is 24.2 Å². The van der Waals surface area contributed by atoms with E-state index in [0.29, 0.717) is 25.8 Å². The number of nitrogens with one attached hydrogen (secondary N) is 1. The summed E-state index contributed by atoms with van der Waals surface area (Å²) in [5.74, 6) is -1.69. The first kappa shape index (κ1) is 15.3. The molecule has 2 amide bonds. The number of nitrogens with zero attached hydrogens (tertiary/aromatic N) is 1. The van der Waals surface area contributed by atoms with Crippen molar-refractivity contribution in [2.24, 2.45) is 5.92 Å². The highest BCUT2D eigenvalue weighted by molar-refractivity contribution is 5.83. The molecule has 19 heavy (non-hydrogen) atoms. The highest BCUT2D eigenvalue weighted by atomic mass is 16.5. The smallest absolute Gasteiger partial charge is 0.326 e. The van der Waals surface area contributed by atoms with E-state index in [1.165, 1.54) is 12.0 Å². The molecule has 0 aliphatic carbocycles. The molecule has 2 N–H and O–H groups in total. The predicted molar refractivity (Wildman–Crippen MR) is 66.6 cm³/mol. The van der Waals surface area contributed by atoms with Crippen molar-refractivity contribution in [3.05, 3.63) is 0 Å². The van der Waals surface area contributed by atoms with Gasteiger partial charge < -0.3 is 20.1 Å². The molecule has 7 heteroatoms. The molecule has 0 spiro atoms. The van der Waals surface area contributed by atoms with Crippen molar-refractivity contribution in [3.8, 4) is 0 Å². The lowest BCUT2D eigenvalue weighted by atomic mass is 10.1. The second kappa shape index (κ2) is 6.96. The molecule has 108 valence electrons. The number of urea groups is 1. The number of aliphatic carboxylic acids is 1. The fraction of sp³-hybridized carbons (Fsp3) is 0.750. The average molecular weight is 272 g/mol. The maximum absolute atomic E-state index is 11.9. The fourth-order valence-corrected chi connectivity index (χ4v) is 2.09. The van der Waals surface area contributed by atoms with E-state index in [2.05, 4.69) is 10.1 Å². The normalized spacial score (nSPS) is 19.9. The Morgan fingerprint density at radius 1 is 1.47 bits per heavy atom. The molecule has 1 aliphatic heterocycles. The summed E-state index contributed by atoms with van der Waals surface area (Å²) >= 11 is 0. The zero-order chi connectivity index (χ0) is 14.4. The van der Waals surface area contributed by atoms with Crippen LogP contribution in [-0.2, 0) is 14.3 Å². The first-order valence-corrected chi connectivity index (χ1v) is 6.35. The summed E-state index contributed by atoms with van der Waals surface area (Å²) in [6.45, 7) is 2.56. The number of carboxylic acids is 1. The lowest BCUT2D eigenvalue weighted by Crippen LogP contribution is -2.47. The van der Waals surface area contributed by atoms with Crippen molar-refractivity contribution in [1.82, 2.24) is 10.2 Å². The van der Waals surface area contributed by atoms with Crippen molar-refractivity contribution in [2.75, 3.05) is 20.2 Å². The van der Waals surface area contributed by atoms with E-state index in [1.807, 2.05) is 6.92 Å². The number of carbonyl (C=O) groups excluding carboxylic acids is 2. The van der Waals surface area contributed by atoms with Gasteiger partial charge in [0.05, 0.1) is 13.0 Å². The molecular formula is C12H20N2O5.